The average Bonchev–Trinajstić information content (AvgIpc) is 2.21. The van der Waals surface area contributed by atoms with Crippen molar-refractivity contribution >= 4 is 0 Å². The second-order valence-corrected chi connectivity index (χ2v) is 5.07. The number of benzene rings is 1. The molecule has 5 heteroatoms. The van der Waals surface area contributed by atoms with Crippen molar-refractivity contribution in [3.63, 3.8) is 0 Å². The lowest BCUT2D eigenvalue weighted by Gasteiger charge is -2.25. The van der Waals surface area contributed by atoms with E-state index in [9.17, 15) is 13.2 Å². The first-order valence-corrected chi connectivity index (χ1v) is 6.22. The number of alkyl halides is 3. The van der Waals surface area contributed by atoms with E-state index in [1.807, 2.05) is 26.0 Å². The van der Waals surface area contributed by atoms with Crippen LogP contribution in [0.4, 0.5) is 13.2 Å². The van der Waals surface area contributed by atoms with Gasteiger partial charge in [0.1, 0.15) is 0 Å². The molecule has 1 rings (SSSR count). The molecule has 0 bridgehead atoms. The summed E-state index contributed by atoms with van der Waals surface area (Å²) < 4.78 is 37.0. The third-order valence-electron chi connectivity index (χ3n) is 2.94. The number of nitrogens with one attached hydrogen (secondary N) is 1. The predicted molar refractivity (Wildman–Crippen MR) is 71.3 cm³/mol. The van der Waals surface area contributed by atoms with Gasteiger partial charge in [-0.1, -0.05) is 29.3 Å². The number of hydrogen-bond acceptors (Lipinski definition) is 2. The third kappa shape index (κ3) is 5.61. The van der Waals surface area contributed by atoms with Crippen LogP contribution >= 0.6 is 0 Å². The summed E-state index contributed by atoms with van der Waals surface area (Å²) >= 11 is 0. The van der Waals surface area contributed by atoms with Crippen molar-refractivity contribution in [2.45, 2.75) is 26.1 Å². The molecule has 0 saturated heterocycles. The van der Waals surface area contributed by atoms with E-state index in [2.05, 4.69) is 11.4 Å². The van der Waals surface area contributed by atoms with E-state index in [0.717, 1.165) is 16.7 Å². The smallest absolute Gasteiger partial charge is 0.312 e. The molecule has 108 valence electrons. The van der Waals surface area contributed by atoms with Crippen molar-refractivity contribution in [1.82, 2.24) is 10.2 Å². The zero-order valence-corrected chi connectivity index (χ0v) is 11.8. The van der Waals surface area contributed by atoms with Gasteiger partial charge in [0.25, 0.3) is 0 Å². The van der Waals surface area contributed by atoms with Crippen molar-refractivity contribution in [3.8, 4) is 0 Å². The van der Waals surface area contributed by atoms with E-state index in [-0.39, 0.29) is 6.04 Å². The molecule has 0 amide bonds. The van der Waals surface area contributed by atoms with Crippen molar-refractivity contribution in [3.05, 3.63) is 34.9 Å². The molecule has 0 aromatic heterocycles. The van der Waals surface area contributed by atoms with Crippen LogP contribution in [0, 0.1) is 13.8 Å². The highest BCUT2D eigenvalue weighted by Gasteiger charge is 2.30. The molecule has 1 N–H and O–H groups in total. The molecule has 0 fully saturated rings. The largest absolute Gasteiger partial charge is 0.401 e. The van der Waals surface area contributed by atoms with Crippen LogP contribution in [0.15, 0.2) is 18.2 Å². The van der Waals surface area contributed by atoms with Crippen LogP contribution in [-0.2, 0) is 0 Å². The van der Waals surface area contributed by atoms with E-state index < -0.39 is 12.7 Å². The summed E-state index contributed by atoms with van der Waals surface area (Å²) in [5.41, 5.74) is 3.26. The Hall–Kier alpha value is -1.07. The van der Waals surface area contributed by atoms with Crippen molar-refractivity contribution in [1.29, 1.82) is 0 Å². The molecular weight excluding hydrogens is 253 g/mol. The number of aryl methyl sites for hydroxylation is 2. The molecule has 19 heavy (non-hydrogen) atoms. The van der Waals surface area contributed by atoms with Gasteiger partial charge in [-0.15, -0.1) is 0 Å². The molecule has 1 aromatic carbocycles. The minimum Gasteiger partial charge on any atom is -0.312 e. The van der Waals surface area contributed by atoms with E-state index >= 15 is 0 Å². The van der Waals surface area contributed by atoms with Crippen LogP contribution in [0.1, 0.15) is 22.7 Å². The summed E-state index contributed by atoms with van der Waals surface area (Å²) in [5.74, 6) is 0. The maximum absolute atomic E-state index is 12.3. The summed E-state index contributed by atoms with van der Waals surface area (Å²) in [7, 11) is 3.25. The fraction of sp³-hybridized carbons (Fsp3) is 0.571. The molecule has 1 unspecified atom stereocenters. The van der Waals surface area contributed by atoms with E-state index in [0.29, 0.717) is 6.54 Å². The maximum atomic E-state index is 12.3. The highest BCUT2D eigenvalue weighted by atomic mass is 19.4. The number of rotatable bonds is 5. The molecule has 0 spiro atoms. The Kier molecular flexibility index (Phi) is 5.38. The highest BCUT2D eigenvalue weighted by molar-refractivity contribution is 5.30. The third-order valence-corrected chi connectivity index (χ3v) is 2.94. The fourth-order valence-electron chi connectivity index (χ4n) is 2.26. The minimum absolute atomic E-state index is 0.106. The second-order valence-electron chi connectivity index (χ2n) is 5.07. The summed E-state index contributed by atoms with van der Waals surface area (Å²) in [6.45, 7) is 3.40. The zero-order valence-electron chi connectivity index (χ0n) is 11.8. The molecule has 1 aromatic rings. The Morgan fingerprint density at radius 1 is 1.16 bits per heavy atom. The van der Waals surface area contributed by atoms with Crippen LogP contribution in [0.3, 0.4) is 0 Å². The molecule has 0 aliphatic rings. The number of likely N-dealkylation sites (N-methyl/N-ethyl adjacent to an activating group) is 2. The van der Waals surface area contributed by atoms with Crippen molar-refractivity contribution in [2.75, 3.05) is 27.2 Å². The summed E-state index contributed by atoms with van der Waals surface area (Å²) in [6.07, 6.45) is -4.16. The van der Waals surface area contributed by atoms with Crippen molar-refractivity contribution < 1.29 is 13.2 Å². The Balaban J connectivity index is 2.77. The molecule has 0 saturated carbocycles. The molecular formula is C14H21F3N2. The first kappa shape index (κ1) is 16.0. The van der Waals surface area contributed by atoms with Crippen LogP contribution in [0.2, 0.25) is 0 Å². The van der Waals surface area contributed by atoms with E-state index in [1.165, 1.54) is 11.9 Å². The molecule has 2 nitrogen and oxygen atoms in total. The van der Waals surface area contributed by atoms with Gasteiger partial charge >= 0.3 is 6.18 Å². The van der Waals surface area contributed by atoms with E-state index in [4.69, 9.17) is 0 Å². The van der Waals surface area contributed by atoms with Gasteiger partial charge < -0.3 is 5.32 Å². The predicted octanol–water partition coefficient (Wildman–Crippen LogP) is 3.06. The Labute approximate surface area is 112 Å². The lowest BCUT2D eigenvalue weighted by Crippen LogP contribution is -2.37. The van der Waals surface area contributed by atoms with Gasteiger partial charge in [0.15, 0.2) is 0 Å². The lowest BCUT2D eigenvalue weighted by molar-refractivity contribution is -0.143. The van der Waals surface area contributed by atoms with E-state index in [1.54, 1.807) is 7.05 Å². The summed E-state index contributed by atoms with van der Waals surface area (Å²) in [4.78, 5) is 1.29. The SMILES string of the molecule is CNC(CN(C)CC(F)(F)F)c1cc(C)cc(C)c1. The number of nitrogens with zero attached hydrogens (tertiary/aromatic N) is 1. The monoisotopic (exact) mass is 274 g/mol. The van der Waals surface area contributed by atoms with Crippen LogP contribution in [0.25, 0.3) is 0 Å². The average molecular weight is 274 g/mol. The molecule has 0 heterocycles. The van der Waals surface area contributed by atoms with Gasteiger partial charge in [-0.2, -0.15) is 13.2 Å². The normalized spacial score (nSPS) is 13.9. The zero-order chi connectivity index (χ0) is 14.6. The minimum atomic E-state index is -4.16. The van der Waals surface area contributed by atoms with Gasteiger partial charge in [0.05, 0.1) is 6.54 Å². The quantitative estimate of drug-likeness (QED) is 0.887. The standard InChI is InChI=1S/C14H21F3N2/c1-10-5-11(2)7-12(6-10)13(18-3)8-19(4)9-14(15,16)17/h5-7,13,18H,8-9H2,1-4H3. The molecule has 0 aliphatic carbocycles. The Bertz CT molecular complexity index is 395. The molecule has 1 atom stereocenters. The molecule has 0 radical (unpaired) electrons. The summed E-state index contributed by atoms with van der Waals surface area (Å²) in [5, 5.41) is 3.08. The fourth-order valence-corrected chi connectivity index (χ4v) is 2.26. The lowest BCUT2D eigenvalue weighted by atomic mass is 10.0. The Morgan fingerprint density at radius 2 is 1.68 bits per heavy atom. The van der Waals surface area contributed by atoms with Gasteiger partial charge in [0, 0.05) is 12.6 Å². The molecule has 0 aliphatic heterocycles. The maximum Gasteiger partial charge on any atom is 0.401 e. The van der Waals surface area contributed by atoms with Crippen LogP contribution in [-0.4, -0.2) is 38.3 Å². The van der Waals surface area contributed by atoms with Gasteiger partial charge in [-0.3, -0.25) is 4.90 Å². The number of halogens is 3. The highest BCUT2D eigenvalue weighted by Crippen LogP contribution is 2.20. The van der Waals surface area contributed by atoms with Gasteiger partial charge in [-0.25, -0.2) is 0 Å². The first-order chi connectivity index (χ1) is 8.71. The topological polar surface area (TPSA) is 15.3 Å². The van der Waals surface area contributed by atoms with Crippen LogP contribution in [0.5, 0.6) is 0 Å². The first-order valence-electron chi connectivity index (χ1n) is 6.22. The second kappa shape index (κ2) is 6.39. The van der Waals surface area contributed by atoms with Crippen molar-refractivity contribution in [2.24, 2.45) is 0 Å². The summed E-state index contributed by atoms with van der Waals surface area (Å²) in [6, 6.07) is 5.96. The van der Waals surface area contributed by atoms with Crippen LogP contribution < -0.4 is 5.32 Å². The van der Waals surface area contributed by atoms with Gasteiger partial charge in [0.2, 0.25) is 0 Å². The number of hydrogen-bond donors (Lipinski definition) is 1. The van der Waals surface area contributed by atoms with Gasteiger partial charge in [-0.05, 0) is 33.5 Å². The Morgan fingerprint density at radius 3 is 2.11 bits per heavy atom.